The van der Waals surface area contributed by atoms with Gasteiger partial charge < -0.3 is 5.73 Å². The summed E-state index contributed by atoms with van der Waals surface area (Å²) < 4.78 is 0.938. The number of benzene rings is 2. The molecular formula is C15H14BrN5. The summed E-state index contributed by atoms with van der Waals surface area (Å²) in [6.45, 7) is 1.95. The molecule has 1 unspecified atom stereocenters. The summed E-state index contributed by atoms with van der Waals surface area (Å²) in [5.74, 6) is 0.600. The molecule has 0 aliphatic carbocycles. The summed E-state index contributed by atoms with van der Waals surface area (Å²) in [6, 6.07) is 15.6. The van der Waals surface area contributed by atoms with E-state index in [4.69, 9.17) is 5.73 Å². The van der Waals surface area contributed by atoms with E-state index in [1.807, 2.05) is 55.5 Å². The minimum atomic E-state index is -0.0305. The van der Waals surface area contributed by atoms with Crippen molar-refractivity contribution in [2.75, 3.05) is 0 Å². The van der Waals surface area contributed by atoms with Crippen LogP contribution in [0.1, 0.15) is 18.5 Å². The highest BCUT2D eigenvalue weighted by atomic mass is 79.9. The fourth-order valence-corrected chi connectivity index (χ4v) is 2.76. The molecule has 5 nitrogen and oxygen atoms in total. The molecule has 1 atom stereocenters. The van der Waals surface area contributed by atoms with Crippen molar-refractivity contribution in [1.29, 1.82) is 0 Å². The van der Waals surface area contributed by atoms with Crippen molar-refractivity contribution in [2.45, 2.75) is 13.0 Å². The standard InChI is InChI=1S/C15H14BrN5/c1-10(17)13-8-7-12(9-14(13)16)21-19-15(18-20-21)11-5-3-2-4-6-11/h2-10H,17H2,1H3. The average molecular weight is 344 g/mol. The molecule has 0 saturated heterocycles. The zero-order valence-corrected chi connectivity index (χ0v) is 13.0. The number of nitrogens with zero attached hydrogens (tertiary/aromatic N) is 4. The van der Waals surface area contributed by atoms with Crippen LogP contribution in [0.25, 0.3) is 17.1 Å². The van der Waals surface area contributed by atoms with Crippen molar-refractivity contribution >= 4 is 15.9 Å². The van der Waals surface area contributed by atoms with E-state index in [2.05, 4.69) is 31.3 Å². The Bertz CT molecular complexity index is 752. The Hall–Kier alpha value is -2.05. The lowest BCUT2D eigenvalue weighted by molar-refractivity contribution is 0.717. The minimum absolute atomic E-state index is 0.0305. The third-order valence-corrected chi connectivity index (χ3v) is 3.84. The highest BCUT2D eigenvalue weighted by molar-refractivity contribution is 9.10. The molecule has 3 rings (SSSR count). The summed E-state index contributed by atoms with van der Waals surface area (Å²) in [6.07, 6.45) is 0. The van der Waals surface area contributed by atoms with Gasteiger partial charge in [-0.25, -0.2) is 0 Å². The molecule has 3 aromatic rings. The van der Waals surface area contributed by atoms with Crippen molar-refractivity contribution in [1.82, 2.24) is 20.2 Å². The molecule has 0 bridgehead atoms. The van der Waals surface area contributed by atoms with Crippen LogP contribution in [0, 0.1) is 0 Å². The summed E-state index contributed by atoms with van der Waals surface area (Å²) in [7, 11) is 0. The first-order chi connectivity index (χ1) is 10.1. The SMILES string of the molecule is CC(N)c1ccc(-n2nnc(-c3ccccc3)n2)cc1Br. The van der Waals surface area contributed by atoms with E-state index in [0.29, 0.717) is 5.82 Å². The fourth-order valence-electron chi connectivity index (χ4n) is 2.04. The van der Waals surface area contributed by atoms with Crippen LogP contribution in [0.4, 0.5) is 0 Å². The molecule has 0 fully saturated rings. The quantitative estimate of drug-likeness (QED) is 0.793. The summed E-state index contributed by atoms with van der Waals surface area (Å²) >= 11 is 3.53. The molecular weight excluding hydrogens is 330 g/mol. The zero-order valence-electron chi connectivity index (χ0n) is 11.4. The molecule has 0 aliphatic heterocycles. The van der Waals surface area contributed by atoms with Crippen LogP contribution in [-0.2, 0) is 0 Å². The topological polar surface area (TPSA) is 69.6 Å². The number of hydrogen-bond acceptors (Lipinski definition) is 4. The van der Waals surface area contributed by atoms with Gasteiger partial charge in [-0.1, -0.05) is 52.3 Å². The Balaban J connectivity index is 1.95. The van der Waals surface area contributed by atoms with Crippen LogP contribution < -0.4 is 5.73 Å². The Kier molecular flexibility index (Phi) is 3.81. The predicted octanol–water partition coefficient (Wildman–Crippen LogP) is 3.11. The lowest BCUT2D eigenvalue weighted by Gasteiger charge is -2.09. The molecule has 0 saturated carbocycles. The normalized spacial score (nSPS) is 12.3. The molecule has 1 heterocycles. The average Bonchev–Trinajstić information content (AvgIpc) is 2.97. The highest BCUT2D eigenvalue weighted by Gasteiger charge is 2.10. The monoisotopic (exact) mass is 343 g/mol. The third kappa shape index (κ3) is 2.86. The number of aromatic nitrogens is 4. The smallest absolute Gasteiger partial charge is 0.205 e. The first-order valence-electron chi connectivity index (χ1n) is 6.56. The molecule has 2 aromatic carbocycles. The lowest BCUT2D eigenvalue weighted by atomic mass is 10.1. The molecule has 0 spiro atoms. The van der Waals surface area contributed by atoms with Crippen molar-refractivity contribution < 1.29 is 0 Å². The maximum atomic E-state index is 5.90. The van der Waals surface area contributed by atoms with Gasteiger partial charge >= 0.3 is 0 Å². The van der Waals surface area contributed by atoms with Gasteiger partial charge in [0.1, 0.15) is 0 Å². The van der Waals surface area contributed by atoms with Crippen molar-refractivity contribution in [3.63, 3.8) is 0 Å². The highest BCUT2D eigenvalue weighted by Crippen LogP contribution is 2.24. The molecule has 0 amide bonds. The number of tetrazole rings is 1. The van der Waals surface area contributed by atoms with Crippen molar-refractivity contribution in [3.05, 3.63) is 58.6 Å². The van der Waals surface area contributed by atoms with Crippen LogP contribution >= 0.6 is 15.9 Å². The van der Waals surface area contributed by atoms with Gasteiger partial charge in [-0.2, -0.15) is 0 Å². The van der Waals surface area contributed by atoms with Gasteiger partial charge in [0, 0.05) is 16.1 Å². The van der Waals surface area contributed by atoms with E-state index in [-0.39, 0.29) is 6.04 Å². The first-order valence-corrected chi connectivity index (χ1v) is 7.35. The summed E-state index contributed by atoms with van der Waals surface area (Å²) in [5, 5.41) is 12.6. The van der Waals surface area contributed by atoms with E-state index in [0.717, 1.165) is 21.3 Å². The van der Waals surface area contributed by atoms with E-state index in [9.17, 15) is 0 Å². The molecule has 0 radical (unpaired) electrons. The summed E-state index contributed by atoms with van der Waals surface area (Å²) in [4.78, 5) is 1.51. The lowest BCUT2D eigenvalue weighted by Crippen LogP contribution is -2.07. The molecule has 6 heteroatoms. The largest absolute Gasteiger partial charge is 0.324 e. The van der Waals surface area contributed by atoms with Crippen LogP contribution in [0.2, 0.25) is 0 Å². The van der Waals surface area contributed by atoms with Crippen LogP contribution in [0.15, 0.2) is 53.0 Å². The molecule has 21 heavy (non-hydrogen) atoms. The minimum Gasteiger partial charge on any atom is -0.324 e. The Morgan fingerprint density at radius 3 is 2.57 bits per heavy atom. The van der Waals surface area contributed by atoms with Gasteiger partial charge in [-0.3, -0.25) is 0 Å². The number of hydrogen-bond donors (Lipinski definition) is 1. The Labute approximate surface area is 130 Å². The van der Waals surface area contributed by atoms with Crippen LogP contribution in [-0.4, -0.2) is 20.2 Å². The van der Waals surface area contributed by atoms with Crippen LogP contribution in [0.3, 0.4) is 0 Å². The number of rotatable bonds is 3. The van der Waals surface area contributed by atoms with Gasteiger partial charge in [0.15, 0.2) is 0 Å². The molecule has 1 aromatic heterocycles. The Morgan fingerprint density at radius 1 is 1.14 bits per heavy atom. The second-order valence-corrected chi connectivity index (χ2v) is 5.62. The maximum Gasteiger partial charge on any atom is 0.205 e. The van der Waals surface area contributed by atoms with E-state index in [1.165, 1.54) is 4.80 Å². The molecule has 2 N–H and O–H groups in total. The predicted molar refractivity (Wildman–Crippen MR) is 84.9 cm³/mol. The molecule has 106 valence electrons. The fraction of sp³-hybridized carbons (Fsp3) is 0.133. The van der Waals surface area contributed by atoms with Gasteiger partial charge in [0.2, 0.25) is 5.82 Å². The van der Waals surface area contributed by atoms with Gasteiger partial charge in [0.25, 0.3) is 0 Å². The Morgan fingerprint density at radius 2 is 1.90 bits per heavy atom. The molecule has 0 aliphatic rings. The van der Waals surface area contributed by atoms with Gasteiger partial charge in [0.05, 0.1) is 5.69 Å². The number of halogens is 1. The van der Waals surface area contributed by atoms with Crippen molar-refractivity contribution in [3.8, 4) is 17.1 Å². The first kappa shape index (κ1) is 13.9. The van der Waals surface area contributed by atoms with E-state index in [1.54, 1.807) is 0 Å². The van der Waals surface area contributed by atoms with Gasteiger partial charge in [-0.15, -0.1) is 15.0 Å². The van der Waals surface area contributed by atoms with E-state index >= 15 is 0 Å². The van der Waals surface area contributed by atoms with Crippen molar-refractivity contribution in [2.24, 2.45) is 5.73 Å². The van der Waals surface area contributed by atoms with Gasteiger partial charge in [-0.05, 0) is 29.8 Å². The maximum absolute atomic E-state index is 5.90. The summed E-state index contributed by atoms with van der Waals surface area (Å²) in [5.41, 5.74) is 8.72. The van der Waals surface area contributed by atoms with Crippen LogP contribution in [0.5, 0.6) is 0 Å². The third-order valence-electron chi connectivity index (χ3n) is 3.15. The second-order valence-electron chi connectivity index (χ2n) is 4.76. The van der Waals surface area contributed by atoms with E-state index < -0.39 is 0 Å². The zero-order chi connectivity index (χ0) is 14.8. The second kappa shape index (κ2) is 5.75. The number of nitrogens with two attached hydrogens (primary N) is 1.